The summed E-state index contributed by atoms with van der Waals surface area (Å²) in [5.74, 6) is 0.0455. The third kappa shape index (κ3) is 4.25. The van der Waals surface area contributed by atoms with Gasteiger partial charge in [0.2, 0.25) is 5.91 Å². The molecule has 1 amide bonds. The Morgan fingerprint density at radius 1 is 1.40 bits per heavy atom. The molecule has 0 aliphatic heterocycles. The second-order valence-electron chi connectivity index (χ2n) is 4.06. The van der Waals surface area contributed by atoms with Gasteiger partial charge in [-0.1, -0.05) is 19.9 Å². The molecule has 0 rings (SSSR count). The molecule has 0 saturated carbocycles. The molecule has 0 aromatic rings. The Balaban J connectivity index is 4.51. The molecular formula is C11H20N2O2. The largest absolute Gasteiger partial charge is 0.342 e. The summed E-state index contributed by atoms with van der Waals surface area (Å²) in [6, 6.07) is -0.828. The van der Waals surface area contributed by atoms with Crippen LogP contribution in [0.3, 0.4) is 0 Å². The van der Waals surface area contributed by atoms with Crippen LogP contribution in [0.5, 0.6) is 0 Å². The lowest BCUT2D eigenvalue weighted by atomic mass is 10.0. The van der Waals surface area contributed by atoms with E-state index in [-0.39, 0.29) is 17.9 Å². The fourth-order valence-electron chi connectivity index (χ4n) is 1.53. The Morgan fingerprint density at radius 2 is 1.93 bits per heavy atom. The predicted octanol–water partition coefficient (Wildman–Crippen LogP) is 0.442. The fourth-order valence-corrected chi connectivity index (χ4v) is 1.53. The van der Waals surface area contributed by atoms with E-state index in [1.165, 1.54) is 6.08 Å². The molecule has 0 heterocycles. The van der Waals surface area contributed by atoms with E-state index in [0.29, 0.717) is 6.29 Å². The highest BCUT2D eigenvalue weighted by molar-refractivity contribution is 5.85. The van der Waals surface area contributed by atoms with Crippen LogP contribution in [0.4, 0.5) is 0 Å². The zero-order valence-corrected chi connectivity index (χ0v) is 9.86. The highest BCUT2D eigenvalue weighted by atomic mass is 16.2. The maximum atomic E-state index is 11.8. The lowest BCUT2D eigenvalue weighted by Crippen LogP contribution is -2.49. The summed E-state index contributed by atoms with van der Waals surface area (Å²) < 4.78 is 0. The minimum Gasteiger partial charge on any atom is -0.342 e. The topological polar surface area (TPSA) is 49.4 Å². The molecule has 2 atom stereocenters. The van der Waals surface area contributed by atoms with Gasteiger partial charge in [0.05, 0.1) is 6.04 Å². The number of rotatable bonds is 6. The predicted molar refractivity (Wildman–Crippen MR) is 60.5 cm³/mol. The van der Waals surface area contributed by atoms with Gasteiger partial charge in [-0.05, 0) is 20.0 Å². The molecule has 0 radical (unpaired) electrons. The first-order valence-corrected chi connectivity index (χ1v) is 4.98. The van der Waals surface area contributed by atoms with Gasteiger partial charge in [-0.15, -0.1) is 6.58 Å². The molecule has 0 fully saturated rings. The highest BCUT2D eigenvalue weighted by Crippen LogP contribution is 2.07. The van der Waals surface area contributed by atoms with Crippen molar-refractivity contribution in [2.75, 3.05) is 14.1 Å². The third-order valence-corrected chi connectivity index (χ3v) is 2.17. The summed E-state index contributed by atoms with van der Waals surface area (Å²) in [5, 5.41) is 2.61. The lowest BCUT2D eigenvalue weighted by molar-refractivity contribution is -0.128. The molecule has 1 N–H and O–H groups in total. The van der Waals surface area contributed by atoms with Gasteiger partial charge in [-0.3, -0.25) is 9.69 Å². The van der Waals surface area contributed by atoms with Crippen LogP contribution in [0.1, 0.15) is 13.8 Å². The van der Waals surface area contributed by atoms with Gasteiger partial charge in [0.15, 0.2) is 0 Å². The Kier molecular flexibility index (Phi) is 5.86. The Morgan fingerprint density at radius 3 is 2.20 bits per heavy atom. The van der Waals surface area contributed by atoms with Gasteiger partial charge in [0, 0.05) is 0 Å². The van der Waals surface area contributed by atoms with Crippen molar-refractivity contribution in [1.29, 1.82) is 0 Å². The molecule has 0 aliphatic carbocycles. The van der Waals surface area contributed by atoms with Gasteiger partial charge < -0.3 is 10.1 Å². The van der Waals surface area contributed by atoms with Crippen molar-refractivity contribution in [3.05, 3.63) is 12.7 Å². The summed E-state index contributed by atoms with van der Waals surface area (Å²) in [7, 11) is 3.68. The van der Waals surface area contributed by atoms with E-state index >= 15 is 0 Å². The summed E-state index contributed by atoms with van der Waals surface area (Å²) in [4.78, 5) is 24.2. The maximum absolute atomic E-state index is 11.8. The van der Waals surface area contributed by atoms with Crippen LogP contribution in [0.25, 0.3) is 0 Å². The van der Waals surface area contributed by atoms with Crippen molar-refractivity contribution in [2.24, 2.45) is 5.92 Å². The number of aldehydes is 1. The van der Waals surface area contributed by atoms with Crippen molar-refractivity contribution in [2.45, 2.75) is 25.9 Å². The summed E-state index contributed by atoms with van der Waals surface area (Å²) in [5.41, 5.74) is 0. The van der Waals surface area contributed by atoms with Crippen molar-refractivity contribution < 1.29 is 9.59 Å². The van der Waals surface area contributed by atoms with Crippen LogP contribution in [0, 0.1) is 5.92 Å². The monoisotopic (exact) mass is 212 g/mol. The van der Waals surface area contributed by atoms with Crippen molar-refractivity contribution in [1.82, 2.24) is 10.2 Å². The quantitative estimate of drug-likeness (QED) is 0.513. The van der Waals surface area contributed by atoms with Crippen molar-refractivity contribution in [3.8, 4) is 0 Å². The number of hydrogen-bond acceptors (Lipinski definition) is 3. The molecule has 0 bridgehead atoms. The smallest absolute Gasteiger partial charge is 0.238 e. The first-order chi connectivity index (χ1) is 6.93. The van der Waals surface area contributed by atoms with Crippen LogP contribution >= 0.6 is 0 Å². The molecule has 0 spiro atoms. The third-order valence-electron chi connectivity index (χ3n) is 2.17. The minimum atomic E-state index is -0.598. The van der Waals surface area contributed by atoms with E-state index in [0.717, 1.165) is 0 Å². The number of amides is 1. The molecule has 0 aromatic carbocycles. The van der Waals surface area contributed by atoms with Gasteiger partial charge in [0.25, 0.3) is 0 Å². The van der Waals surface area contributed by atoms with E-state index in [9.17, 15) is 9.59 Å². The number of carbonyl (C=O) groups is 2. The molecule has 4 heteroatoms. The van der Waals surface area contributed by atoms with E-state index < -0.39 is 6.04 Å². The Bertz CT molecular complexity index is 221. The van der Waals surface area contributed by atoms with Crippen LogP contribution < -0.4 is 5.32 Å². The average Bonchev–Trinajstić information content (AvgIpc) is 2.12. The molecule has 0 aliphatic rings. The van der Waals surface area contributed by atoms with Gasteiger partial charge >= 0.3 is 0 Å². The van der Waals surface area contributed by atoms with E-state index in [4.69, 9.17) is 0 Å². The SMILES string of the molecule is C=CC(C=O)NC(=O)[C@H](C(C)C)N(C)C. The van der Waals surface area contributed by atoms with Crippen molar-refractivity contribution >= 4 is 12.2 Å². The second-order valence-corrected chi connectivity index (χ2v) is 4.06. The fraction of sp³-hybridized carbons (Fsp3) is 0.636. The average molecular weight is 212 g/mol. The van der Waals surface area contributed by atoms with Crippen molar-refractivity contribution in [3.63, 3.8) is 0 Å². The summed E-state index contributed by atoms with van der Waals surface area (Å²) >= 11 is 0. The number of hydrogen-bond donors (Lipinski definition) is 1. The molecule has 4 nitrogen and oxygen atoms in total. The number of nitrogens with one attached hydrogen (secondary N) is 1. The molecule has 1 unspecified atom stereocenters. The van der Waals surface area contributed by atoms with Crippen LogP contribution in [-0.2, 0) is 9.59 Å². The first-order valence-electron chi connectivity index (χ1n) is 4.98. The first kappa shape index (κ1) is 13.8. The van der Waals surface area contributed by atoms with E-state index in [2.05, 4.69) is 11.9 Å². The number of nitrogens with zero attached hydrogens (tertiary/aromatic N) is 1. The summed E-state index contributed by atoms with van der Waals surface area (Å²) in [6.45, 7) is 7.41. The highest BCUT2D eigenvalue weighted by Gasteiger charge is 2.25. The van der Waals surface area contributed by atoms with Crippen LogP contribution in [0.2, 0.25) is 0 Å². The van der Waals surface area contributed by atoms with Gasteiger partial charge in [0.1, 0.15) is 12.3 Å². The second kappa shape index (κ2) is 6.35. The Labute approximate surface area is 91.3 Å². The van der Waals surface area contributed by atoms with Crippen LogP contribution in [0.15, 0.2) is 12.7 Å². The maximum Gasteiger partial charge on any atom is 0.238 e. The molecule has 15 heavy (non-hydrogen) atoms. The zero-order chi connectivity index (χ0) is 12.0. The van der Waals surface area contributed by atoms with Gasteiger partial charge in [-0.2, -0.15) is 0 Å². The van der Waals surface area contributed by atoms with E-state index in [1.807, 2.05) is 32.8 Å². The lowest BCUT2D eigenvalue weighted by Gasteiger charge is -2.27. The molecule has 86 valence electrons. The molecule has 0 aromatic heterocycles. The molecule has 0 saturated heterocycles. The number of likely N-dealkylation sites (N-methyl/N-ethyl adjacent to an activating group) is 1. The zero-order valence-electron chi connectivity index (χ0n) is 9.86. The molecular weight excluding hydrogens is 192 g/mol. The van der Waals surface area contributed by atoms with E-state index in [1.54, 1.807) is 0 Å². The minimum absolute atomic E-state index is 0.146. The van der Waals surface area contributed by atoms with Gasteiger partial charge in [-0.25, -0.2) is 0 Å². The standard InChI is InChI=1S/C11H20N2O2/c1-6-9(7-14)12-11(15)10(8(2)3)13(4)5/h6-10H,1H2,2-5H3,(H,12,15)/t9?,10-/m0/s1. The summed E-state index contributed by atoms with van der Waals surface area (Å²) in [6.07, 6.45) is 2.08. The van der Waals surface area contributed by atoms with Crippen LogP contribution in [-0.4, -0.2) is 43.3 Å². The normalized spacial score (nSPS) is 14.8. The number of carbonyl (C=O) groups excluding carboxylic acids is 2. The Hall–Kier alpha value is -1.16.